The van der Waals surface area contributed by atoms with E-state index in [9.17, 15) is 9.90 Å². The molecule has 0 spiro atoms. The van der Waals surface area contributed by atoms with Crippen LogP contribution in [0.4, 0.5) is 4.79 Å². The molecule has 0 aromatic carbocycles. The predicted octanol–water partition coefficient (Wildman–Crippen LogP) is 3.10. The summed E-state index contributed by atoms with van der Waals surface area (Å²) in [6.45, 7) is 5.81. The number of nitrogens with zero attached hydrogens (tertiary/aromatic N) is 2. The highest BCUT2D eigenvalue weighted by atomic mass is 32.1. The van der Waals surface area contributed by atoms with Gasteiger partial charge in [-0.3, -0.25) is 0 Å². The van der Waals surface area contributed by atoms with Crippen LogP contribution in [0.1, 0.15) is 55.8 Å². The lowest BCUT2D eigenvalue weighted by Crippen LogP contribution is -2.49. The zero-order valence-electron chi connectivity index (χ0n) is 14.0. The Balaban J connectivity index is 1.60. The van der Waals surface area contributed by atoms with Gasteiger partial charge in [-0.1, -0.05) is 6.92 Å². The Bertz CT molecular complexity index is 542. The van der Waals surface area contributed by atoms with Gasteiger partial charge in [0.15, 0.2) is 0 Å². The standard InChI is InChI=1S/C17H27N3O2S/c1-3-17(11-21)6-8-20(9-7-17)16(22)19-14(13-4-5-13)15-18-12(2)10-23-15/h10,13-14,21H,3-9,11H2,1-2H3,(H,19,22). The molecule has 1 unspecified atom stereocenters. The zero-order chi connectivity index (χ0) is 16.4. The fourth-order valence-electron chi connectivity index (χ4n) is 3.36. The molecule has 0 bridgehead atoms. The minimum atomic E-state index is 0.0130. The summed E-state index contributed by atoms with van der Waals surface area (Å²) in [5, 5.41) is 15.9. The molecule has 2 aliphatic rings. The van der Waals surface area contributed by atoms with Crippen LogP contribution < -0.4 is 5.32 Å². The van der Waals surface area contributed by atoms with E-state index in [1.54, 1.807) is 11.3 Å². The Morgan fingerprint density at radius 2 is 2.22 bits per heavy atom. The van der Waals surface area contributed by atoms with Crippen molar-refractivity contribution in [3.63, 3.8) is 0 Å². The molecule has 2 heterocycles. The Kier molecular flexibility index (Phi) is 4.92. The van der Waals surface area contributed by atoms with E-state index in [0.29, 0.717) is 5.92 Å². The molecule has 2 fully saturated rings. The lowest BCUT2D eigenvalue weighted by atomic mass is 9.77. The summed E-state index contributed by atoms with van der Waals surface area (Å²) in [4.78, 5) is 19.1. The van der Waals surface area contributed by atoms with Crippen LogP contribution in [0.15, 0.2) is 5.38 Å². The van der Waals surface area contributed by atoms with Crippen LogP contribution >= 0.6 is 11.3 Å². The molecule has 5 nitrogen and oxygen atoms in total. The van der Waals surface area contributed by atoms with E-state index >= 15 is 0 Å². The molecule has 2 amide bonds. The maximum absolute atomic E-state index is 12.6. The van der Waals surface area contributed by atoms with Gasteiger partial charge < -0.3 is 15.3 Å². The van der Waals surface area contributed by atoms with Crippen molar-refractivity contribution in [1.82, 2.24) is 15.2 Å². The van der Waals surface area contributed by atoms with Gasteiger partial charge in [-0.2, -0.15) is 0 Å². The number of piperidine rings is 1. The topological polar surface area (TPSA) is 65.5 Å². The van der Waals surface area contributed by atoms with Gasteiger partial charge in [-0.05, 0) is 50.4 Å². The molecular weight excluding hydrogens is 310 g/mol. The molecule has 1 saturated heterocycles. The van der Waals surface area contributed by atoms with Gasteiger partial charge in [-0.25, -0.2) is 9.78 Å². The summed E-state index contributed by atoms with van der Waals surface area (Å²) in [6.07, 6.45) is 5.10. The van der Waals surface area contributed by atoms with Crippen molar-refractivity contribution in [2.75, 3.05) is 19.7 Å². The van der Waals surface area contributed by atoms with E-state index in [-0.39, 0.29) is 24.1 Å². The average Bonchev–Trinajstić information content (AvgIpc) is 3.33. The van der Waals surface area contributed by atoms with Crippen LogP contribution in [-0.2, 0) is 0 Å². The number of urea groups is 1. The first-order chi connectivity index (χ1) is 11.1. The highest BCUT2D eigenvalue weighted by molar-refractivity contribution is 7.09. The third-order valence-corrected chi connectivity index (χ3v) is 6.52. The zero-order valence-corrected chi connectivity index (χ0v) is 14.9. The van der Waals surface area contributed by atoms with Crippen molar-refractivity contribution in [2.24, 2.45) is 11.3 Å². The summed E-state index contributed by atoms with van der Waals surface area (Å²) >= 11 is 1.64. The number of aliphatic hydroxyl groups is 1. The summed E-state index contributed by atoms with van der Waals surface area (Å²) in [5.74, 6) is 0.543. The largest absolute Gasteiger partial charge is 0.396 e. The van der Waals surface area contributed by atoms with Crippen LogP contribution in [0.25, 0.3) is 0 Å². The lowest BCUT2D eigenvalue weighted by Gasteiger charge is -2.40. The van der Waals surface area contributed by atoms with Crippen LogP contribution in [0.5, 0.6) is 0 Å². The highest BCUT2D eigenvalue weighted by Gasteiger charge is 2.38. The summed E-state index contributed by atoms with van der Waals surface area (Å²) < 4.78 is 0. The molecule has 1 atom stereocenters. The Labute approximate surface area is 142 Å². The number of hydrogen-bond donors (Lipinski definition) is 2. The van der Waals surface area contributed by atoms with E-state index in [0.717, 1.165) is 43.1 Å². The number of aliphatic hydroxyl groups excluding tert-OH is 1. The molecule has 1 aliphatic heterocycles. The lowest BCUT2D eigenvalue weighted by molar-refractivity contribution is 0.0513. The maximum atomic E-state index is 12.6. The number of likely N-dealkylation sites (tertiary alicyclic amines) is 1. The number of hydrogen-bond acceptors (Lipinski definition) is 4. The molecule has 1 aromatic rings. The fourth-order valence-corrected chi connectivity index (χ4v) is 4.30. The van der Waals surface area contributed by atoms with E-state index < -0.39 is 0 Å². The number of amides is 2. The molecule has 1 saturated carbocycles. The number of nitrogens with one attached hydrogen (secondary N) is 1. The van der Waals surface area contributed by atoms with Crippen molar-refractivity contribution < 1.29 is 9.90 Å². The second-order valence-electron chi connectivity index (χ2n) is 7.09. The van der Waals surface area contributed by atoms with Gasteiger partial charge in [0.25, 0.3) is 0 Å². The van der Waals surface area contributed by atoms with Gasteiger partial charge in [0.2, 0.25) is 0 Å². The van der Waals surface area contributed by atoms with Crippen molar-refractivity contribution in [3.8, 4) is 0 Å². The van der Waals surface area contributed by atoms with Crippen LogP contribution in [-0.4, -0.2) is 40.7 Å². The smallest absolute Gasteiger partial charge is 0.317 e. The molecule has 2 N–H and O–H groups in total. The van der Waals surface area contributed by atoms with Gasteiger partial charge in [0, 0.05) is 30.8 Å². The summed E-state index contributed by atoms with van der Waals surface area (Å²) in [5.41, 5.74) is 1.04. The first kappa shape index (κ1) is 16.7. The minimum Gasteiger partial charge on any atom is -0.396 e. The number of carbonyl (C=O) groups excluding carboxylic acids is 1. The van der Waals surface area contributed by atoms with Crippen LogP contribution in [0.2, 0.25) is 0 Å². The Hall–Kier alpha value is -1.14. The quantitative estimate of drug-likeness (QED) is 0.868. The first-order valence-corrected chi connectivity index (χ1v) is 9.53. The van der Waals surface area contributed by atoms with Crippen molar-refractivity contribution in [2.45, 2.75) is 52.0 Å². The van der Waals surface area contributed by atoms with Gasteiger partial charge in [0.05, 0.1) is 6.04 Å². The third kappa shape index (κ3) is 3.69. The molecule has 3 rings (SSSR count). The summed E-state index contributed by atoms with van der Waals surface area (Å²) in [6, 6.07) is 0.0919. The monoisotopic (exact) mass is 337 g/mol. The second-order valence-corrected chi connectivity index (χ2v) is 7.98. The normalized spacial score (nSPS) is 22.0. The SMILES string of the molecule is CCC1(CO)CCN(C(=O)NC(c2nc(C)cs2)C2CC2)CC1. The van der Waals surface area contributed by atoms with Gasteiger partial charge in [0.1, 0.15) is 5.01 Å². The van der Waals surface area contributed by atoms with Gasteiger partial charge >= 0.3 is 6.03 Å². The van der Waals surface area contributed by atoms with Gasteiger partial charge in [-0.15, -0.1) is 11.3 Å². The average molecular weight is 337 g/mol. The number of thiazole rings is 1. The van der Waals surface area contributed by atoms with E-state index in [4.69, 9.17) is 0 Å². The maximum Gasteiger partial charge on any atom is 0.317 e. The fraction of sp³-hybridized carbons (Fsp3) is 0.765. The highest BCUT2D eigenvalue weighted by Crippen LogP contribution is 2.42. The van der Waals surface area contributed by atoms with Crippen molar-refractivity contribution >= 4 is 17.4 Å². The van der Waals surface area contributed by atoms with E-state index in [1.165, 1.54) is 12.8 Å². The molecule has 23 heavy (non-hydrogen) atoms. The molecular formula is C17H27N3O2S. The van der Waals surface area contributed by atoms with Crippen LogP contribution in [0, 0.1) is 18.3 Å². The molecule has 1 aliphatic carbocycles. The van der Waals surface area contributed by atoms with E-state index in [1.807, 2.05) is 11.8 Å². The van der Waals surface area contributed by atoms with E-state index in [2.05, 4.69) is 22.6 Å². The summed E-state index contributed by atoms with van der Waals surface area (Å²) in [7, 11) is 0. The third-order valence-electron chi connectivity index (χ3n) is 5.47. The van der Waals surface area contributed by atoms with Crippen molar-refractivity contribution in [1.29, 1.82) is 0 Å². The predicted molar refractivity (Wildman–Crippen MR) is 91.5 cm³/mol. The number of carbonyl (C=O) groups is 1. The molecule has 1 aromatic heterocycles. The second kappa shape index (κ2) is 6.77. The minimum absolute atomic E-state index is 0.0130. The Morgan fingerprint density at radius 1 is 1.52 bits per heavy atom. The number of aryl methyl sites for hydroxylation is 1. The Morgan fingerprint density at radius 3 is 2.70 bits per heavy atom. The number of rotatable bonds is 5. The molecule has 0 radical (unpaired) electrons. The number of aromatic nitrogens is 1. The first-order valence-electron chi connectivity index (χ1n) is 8.65. The van der Waals surface area contributed by atoms with Crippen LogP contribution in [0.3, 0.4) is 0 Å². The molecule has 6 heteroatoms. The molecule has 128 valence electrons. The van der Waals surface area contributed by atoms with Crippen molar-refractivity contribution in [3.05, 3.63) is 16.1 Å².